The highest BCUT2D eigenvalue weighted by Gasteiger charge is 2.20. The van der Waals surface area contributed by atoms with Gasteiger partial charge >= 0.3 is 0 Å². The van der Waals surface area contributed by atoms with Crippen molar-refractivity contribution < 1.29 is 0 Å². The number of hydrogen-bond acceptors (Lipinski definition) is 4. The van der Waals surface area contributed by atoms with Gasteiger partial charge in [-0.15, -0.1) is 0 Å². The van der Waals surface area contributed by atoms with Crippen LogP contribution in [-0.2, 0) is 0 Å². The van der Waals surface area contributed by atoms with Gasteiger partial charge in [-0.3, -0.25) is 9.97 Å². The molecule has 0 fully saturated rings. The van der Waals surface area contributed by atoms with Crippen LogP contribution in [0.25, 0.3) is 110 Å². The summed E-state index contributed by atoms with van der Waals surface area (Å²) in [7, 11) is 0. The number of para-hydroxylation sites is 1. The summed E-state index contributed by atoms with van der Waals surface area (Å²) in [5.74, 6) is 0. The quantitative estimate of drug-likeness (QED) is 0.132. The molecular formula is C52H32N4. The van der Waals surface area contributed by atoms with Crippen LogP contribution in [-0.4, -0.2) is 19.9 Å². The van der Waals surface area contributed by atoms with Crippen molar-refractivity contribution in [1.29, 1.82) is 0 Å². The molecule has 4 aromatic heterocycles. The summed E-state index contributed by atoms with van der Waals surface area (Å²) in [5, 5.41) is 7.87. The molecule has 4 nitrogen and oxygen atoms in total. The zero-order chi connectivity index (χ0) is 37.0. The monoisotopic (exact) mass is 712 g/mol. The Kier molecular flexibility index (Phi) is 7.46. The molecular weight excluding hydrogens is 681 g/mol. The van der Waals surface area contributed by atoms with Crippen LogP contribution in [0.15, 0.2) is 194 Å². The lowest BCUT2D eigenvalue weighted by Gasteiger charge is -2.19. The maximum atomic E-state index is 5.55. The third-order valence-electron chi connectivity index (χ3n) is 10.9. The predicted octanol–water partition coefficient (Wildman–Crippen LogP) is 13.4. The van der Waals surface area contributed by atoms with Gasteiger partial charge in [-0.05, 0) is 92.8 Å². The average Bonchev–Trinajstić information content (AvgIpc) is 3.28. The second-order valence-electron chi connectivity index (χ2n) is 14.2. The highest BCUT2D eigenvalue weighted by atomic mass is 14.8. The van der Waals surface area contributed by atoms with E-state index in [9.17, 15) is 0 Å². The highest BCUT2D eigenvalue weighted by Crippen LogP contribution is 2.45. The normalized spacial score (nSPS) is 11.6. The average molecular weight is 713 g/mol. The van der Waals surface area contributed by atoms with E-state index in [0.29, 0.717) is 0 Å². The maximum absolute atomic E-state index is 5.55. The molecule has 0 atom stereocenters. The molecule has 0 unspecified atom stereocenters. The van der Waals surface area contributed by atoms with Gasteiger partial charge in [-0.25, -0.2) is 9.97 Å². The number of benzene rings is 7. The Hall–Kier alpha value is -7.56. The van der Waals surface area contributed by atoms with Gasteiger partial charge in [0.15, 0.2) is 0 Å². The number of nitrogens with zero attached hydrogens (tertiary/aromatic N) is 4. The molecule has 0 N–H and O–H groups in total. The summed E-state index contributed by atoms with van der Waals surface area (Å²) >= 11 is 0. The largest absolute Gasteiger partial charge is 0.256 e. The molecule has 0 aliphatic heterocycles. The summed E-state index contributed by atoms with van der Waals surface area (Å²) in [6.07, 6.45) is 3.70. The summed E-state index contributed by atoms with van der Waals surface area (Å²) in [5.41, 5.74) is 13.3. The number of pyridine rings is 4. The van der Waals surface area contributed by atoms with Crippen molar-refractivity contribution in [2.24, 2.45) is 0 Å². The zero-order valence-electron chi connectivity index (χ0n) is 30.3. The Morgan fingerprint density at radius 2 is 0.804 bits per heavy atom. The minimum atomic E-state index is 0.892. The molecule has 4 heterocycles. The molecule has 56 heavy (non-hydrogen) atoms. The molecule has 0 saturated heterocycles. The van der Waals surface area contributed by atoms with Gasteiger partial charge < -0.3 is 0 Å². The van der Waals surface area contributed by atoms with Gasteiger partial charge in [-0.2, -0.15) is 0 Å². The molecule has 0 bridgehead atoms. The van der Waals surface area contributed by atoms with E-state index in [-0.39, 0.29) is 0 Å². The Morgan fingerprint density at radius 3 is 1.43 bits per heavy atom. The first-order valence-corrected chi connectivity index (χ1v) is 18.9. The van der Waals surface area contributed by atoms with E-state index in [4.69, 9.17) is 19.9 Å². The first-order chi connectivity index (χ1) is 27.8. The van der Waals surface area contributed by atoms with E-state index in [1.54, 1.807) is 0 Å². The van der Waals surface area contributed by atoms with E-state index in [1.807, 2.05) is 36.7 Å². The number of fused-ring (bicyclic) bond motifs is 6. The fourth-order valence-corrected chi connectivity index (χ4v) is 8.44. The van der Waals surface area contributed by atoms with Crippen molar-refractivity contribution in [2.75, 3.05) is 0 Å². The highest BCUT2D eigenvalue weighted by molar-refractivity contribution is 6.22. The van der Waals surface area contributed by atoms with Crippen LogP contribution < -0.4 is 0 Å². The van der Waals surface area contributed by atoms with Crippen LogP contribution in [0.5, 0.6) is 0 Å². The van der Waals surface area contributed by atoms with Crippen LogP contribution in [0.2, 0.25) is 0 Å². The van der Waals surface area contributed by atoms with Crippen molar-refractivity contribution in [1.82, 2.24) is 19.9 Å². The third kappa shape index (κ3) is 5.23. The smallest absolute Gasteiger partial charge is 0.0978 e. The topological polar surface area (TPSA) is 51.6 Å². The Bertz CT molecular complexity index is 3170. The molecule has 4 heteroatoms. The molecule has 7 aromatic carbocycles. The van der Waals surface area contributed by atoms with Crippen molar-refractivity contribution in [3.8, 4) is 56.0 Å². The number of hydrogen-bond donors (Lipinski definition) is 0. The summed E-state index contributed by atoms with van der Waals surface area (Å²) in [6.45, 7) is 0. The second-order valence-corrected chi connectivity index (χ2v) is 14.2. The van der Waals surface area contributed by atoms with Crippen LogP contribution in [0.1, 0.15) is 0 Å². The van der Waals surface area contributed by atoms with Crippen molar-refractivity contribution >= 4 is 54.3 Å². The summed E-state index contributed by atoms with van der Waals surface area (Å²) in [4.78, 5) is 20.3. The van der Waals surface area contributed by atoms with E-state index >= 15 is 0 Å². The minimum absolute atomic E-state index is 0.892. The van der Waals surface area contributed by atoms with Crippen LogP contribution in [0.4, 0.5) is 0 Å². The fraction of sp³-hybridized carbons (Fsp3) is 0. The van der Waals surface area contributed by atoms with Gasteiger partial charge in [0.25, 0.3) is 0 Å². The van der Waals surface area contributed by atoms with Gasteiger partial charge in [0, 0.05) is 50.8 Å². The van der Waals surface area contributed by atoms with Crippen LogP contribution in [0.3, 0.4) is 0 Å². The van der Waals surface area contributed by atoms with Gasteiger partial charge in [0.05, 0.1) is 33.6 Å². The van der Waals surface area contributed by atoms with E-state index in [1.165, 1.54) is 11.1 Å². The Labute approximate surface area is 323 Å². The standard InChI is InChI=1S/C52H32N4/c1-2-14-33(15-3-1)48-42-20-8-9-23-46(42)55-52-43(48)26-24-34-25-27-47(56-51(34)52)50-40-18-6-4-16-38(40)49(39-17-5-7-19-41(39)50)37-31-35(44-21-10-12-28-53-44)30-36(32-37)45-22-11-13-29-54-45/h1-32H. The zero-order valence-corrected chi connectivity index (χ0v) is 30.3. The van der Waals surface area contributed by atoms with Gasteiger partial charge in [0.2, 0.25) is 0 Å². The first-order valence-electron chi connectivity index (χ1n) is 18.9. The summed E-state index contributed by atoms with van der Waals surface area (Å²) < 4.78 is 0. The Balaban J connectivity index is 1.19. The van der Waals surface area contributed by atoms with Gasteiger partial charge in [0.1, 0.15) is 0 Å². The number of rotatable bonds is 5. The van der Waals surface area contributed by atoms with Crippen molar-refractivity contribution in [3.05, 3.63) is 194 Å². The maximum Gasteiger partial charge on any atom is 0.0978 e. The fourth-order valence-electron chi connectivity index (χ4n) is 8.44. The van der Waals surface area contributed by atoms with E-state index < -0.39 is 0 Å². The van der Waals surface area contributed by atoms with Crippen LogP contribution >= 0.6 is 0 Å². The molecule has 0 aliphatic carbocycles. The molecule has 0 radical (unpaired) electrons. The third-order valence-corrected chi connectivity index (χ3v) is 10.9. The molecule has 0 aliphatic rings. The van der Waals surface area contributed by atoms with E-state index in [0.717, 1.165) is 99.2 Å². The lowest BCUT2D eigenvalue weighted by atomic mass is 9.86. The molecule has 11 rings (SSSR count). The van der Waals surface area contributed by atoms with Gasteiger partial charge in [-0.1, -0.05) is 127 Å². The number of aromatic nitrogens is 4. The van der Waals surface area contributed by atoms with Crippen molar-refractivity contribution in [3.63, 3.8) is 0 Å². The minimum Gasteiger partial charge on any atom is -0.256 e. The molecule has 0 amide bonds. The molecule has 11 aromatic rings. The summed E-state index contributed by atoms with van der Waals surface area (Å²) in [6, 6.07) is 64.1. The second kappa shape index (κ2) is 13.1. The lowest BCUT2D eigenvalue weighted by Crippen LogP contribution is -1.95. The van der Waals surface area contributed by atoms with E-state index in [2.05, 4.69) is 158 Å². The first kappa shape index (κ1) is 31.9. The van der Waals surface area contributed by atoms with Crippen LogP contribution in [0, 0.1) is 0 Å². The lowest BCUT2D eigenvalue weighted by molar-refractivity contribution is 1.31. The molecule has 260 valence electrons. The SMILES string of the molecule is c1ccc(-c2c3ccccc3nc3c2ccc2ccc(-c4c5ccccc5c(-c5cc(-c6ccccn6)cc(-c6ccccn6)c5)c5ccccc45)nc23)cc1. The molecule has 0 spiro atoms. The van der Waals surface area contributed by atoms with Crippen molar-refractivity contribution in [2.45, 2.75) is 0 Å². The Morgan fingerprint density at radius 1 is 0.286 bits per heavy atom. The molecule has 0 saturated carbocycles. The predicted molar refractivity (Wildman–Crippen MR) is 232 cm³/mol.